The van der Waals surface area contributed by atoms with Crippen molar-refractivity contribution in [2.75, 3.05) is 77.3 Å². The number of hydrogen-bond acceptors (Lipinski definition) is 7. The lowest BCUT2D eigenvalue weighted by atomic mass is 9.84. The highest BCUT2D eigenvalue weighted by Gasteiger charge is 2.49. The lowest BCUT2D eigenvalue weighted by Gasteiger charge is -2.41. The van der Waals surface area contributed by atoms with Gasteiger partial charge in [-0.1, -0.05) is 71.2 Å². The highest BCUT2D eigenvalue weighted by atomic mass is 127. The number of halogens is 6. The van der Waals surface area contributed by atoms with Crippen molar-refractivity contribution in [2.45, 2.75) is 35.6 Å². The molecule has 0 saturated carbocycles. The smallest absolute Gasteiger partial charge is 0.319 e. The zero-order valence-electron chi connectivity index (χ0n) is 39.9. The number of benzene rings is 1. The standard InChI is InChI=1S/C50H63I6N9O6/c1-10-24-62(25-11-2)44(66)33-37(51)34(45(67)63(26-12-3)27-13-4)40(54)42(39(33)53)60-48(70)58-22-19-32(18-21-57)20-23-59-49(71)61-43-41(55)35(46(68)64(28-14-5)29-15-6)38(52)36(50(43,9)56)47(69)65(30-16-7)31-17-8/h10-17,32,43H,1-8,18-31,57H2,9H3,(H2,58,60,70)(H2,59,61,71). The quantitative estimate of drug-likeness (QED) is 0.0288. The van der Waals surface area contributed by atoms with Crippen molar-refractivity contribution in [2.24, 2.45) is 11.7 Å². The van der Waals surface area contributed by atoms with Gasteiger partial charge in [0.2, 0.25) is 0 Å². The Kier molecular flexibility index (Phi) is 29.6. The number of hydrogen-bond donors (Lipinski definition) is 5. The summed E-state index contributed by atoms with van der Waals surface area (Å²) in [6.45, 7) is 35.1. The highest BCUT2D eigenvalue weighted by Crippen LogP contribution is 2.49. The molecule has 0 fully saturated rings. The minimum Gasteiger partial charge on any atom is -0.338 e. The lowest BCUT2D eigenvalue weighted by Crippen LogP contribution is -2.56. The van der Waals surface area contributed by atoms with E-state index in [-0.39, 0.29) is 106 Å². The Morgan fingerprint density at radius 2 is 0.944 bits per heavy atom. The highest BCUT2D eigenvalue weighted by molar-refractivity contribution is 14.1. The molecule has 1 aromatic carbocycles. The number of urea groups is 2. The first kappa shape index (κ1) is 64.5. The largest absolute Gasteiger partial charge is 0.338 e. The Bertz CT molecular complexity index is 2210. The van der Waals surface area contributed by atoms with Crippen LogP contribution in [0.1, 0.15) is 46.9 Å². The fourth-order valence-corrected chi connectivity index (χ4v) is 17.0. The van der Waals surface area contributed by atoms with Crippen molar-refractivity contribution in [3.63, 3.8) is 0 Å². The van der Waals surface area contributed by atoms with E-state index in [1.807, 2.05) is 74.7 Å². The summed E-state index contributed by atoms with van der Waals surface area (Å²) in [5, 5.41) is 11.9. The summed E-state index contributed by atoms with van der Waals surface area (Å²) in [6.07, 6.45) is 14.6. The molecule has 3 unspecified atom stereocenters. The van der Waals surface area contributed by atoms with Gasteiger partial charge in [-0.3, -0.25) is 19.2 Å². The molecule has 1 aromatic rings. The van der Waals surface area contributed by atoms with Crippen LogP contribution in [0.4, 0.5) is 15.3 Å². The molecule has 71 heavy (non-hydrogen) atoms. The summed E-state index contributed by atoms with van der Waals surface area (Å²) in [7, 11) is 0. The molecule has 0 spiro atoms. The minimum atomic E-state index is -1.00. The number of carbonyl (C=O) groups is 6. The molecule has 8 amide bonds. The maximum atomic E-state index is 14.4. The van der Waals surface area contributed by atoms with E-state index in [2.05, 4.69) is 142 Å². The molecule has 0 heterocycles. The summed E-state index contributed by atoms with van der Waals surface area (Å²) in [4.78, 5) is 90.7. The lowest BCUT2D eigenvalue weighted by molar-refractivity contribution is -0.126. The average Bonchev–Trinajstić information content (AvgIpc) is 3.31. The van der Waals surface area contributed by atoms with Gasteiger partial charge in [0.1, 0.15) is 0 Å². The van der Waals surface area contributed by atoms with E-state index in [9.17, 15) is 28.8 Å². The van der Waals surface area contributed by atoms with Crippen LogP contribution in [0.5, 0.6) is 0 Å². The summed E-state index contributed by atoms with van der Waals surface area (Å²) in [6, 6.07) is -1.83. The second kappa shape index (κ2) is 32.6. The summed E-state index contributed by atoms with van der Waals surface area (Å²) < 4.78 is 1.39. The van der Waals surface area contributed by atoms with Crippen molar-refractivity contribution in [1.82, 2.24) is 35.6 Å². The van der Waals surface area contributed by atoms with Gasteiger partial charge in [-0.25, -0.2) is 9.59 Å². The third kappa shape index (κ3) is 17.5. The van der Waals surface area contributed by atoms with Gasteiger partial charge in [0.25, 0.3) is 23.6 Å². The zero-order chi connectivity index (χ0) is 53.6. The molecule has 0 aromatic heterocycles. The van der Waals surface area contributed by atoms with Crippen molar-refractivity contribution in [3.8, 4) is 0 Å². The number of anilines is 1. The van der Waals surface area contributed by atoms with E-state index in [4.69, 9.17) is 5.73 Å². The number of nitrogens with one attached hydrogen (secondary N) is 4. The summed E-state index contributed by atoms with van der Waals surface area (Å²) in [5.74, 6) is -1.37. The Morgan fingerprint density at radius 3 is 1.32 bits per heavy atom. The number of alkyl halides is 1. The van der Waals surface area contributed by atoms with Gasteiger partial charge in [-0.05, 0) is 152 Å². The second-order valence-electron chi connectivity index (χ2n) is 15.9. The van der Waals surface area contributed by atoms with Gasteiger partial charge in [0.05, 0.1) is 39.0 Å². The number of rotatable bonds is 30. The van der Waals surface area contributed by atoms with Crippen molar-refractivity contribution >= 4 is 177 Å². The topological polar surface area (TPSA) is 190 Å². The van der Waals surface area contributed by atoms with Crippen molar-refractivity contribution in [3.05, 3.63) is 141 Å². The maximum absolute atomic E-state index is 14.4. The van der Waals surface area contributed by atoms with Gasteiger partial charge in [0.15, 0.2) is 0 Å². The van der Waals surface area contributed by atoms with Crippen molar-refractivity contribution < 1.29 is 28.8 Å². The molecular formula is C50H63I6N9O6. The molecule has 386 valence electrons. The third-order valence-corrected chi connectivity index (χ3v) is 17.5. The number of nitrogens with zero attached hydrogens (tertiary/aromatic N) is 4. The maximum Gasteiger partial charge on any atom is 0.319 e. The van der Waals surface area contributed by atoms with Gasteiger partial charge >= 0.3 is 12.1 Å². The normalized spacial score (nSPS) is 15.5. The molecule has 0 aliphatic heterocycles. The molecule has 3 atom stereocenters. The zero-order valence-corrected chi connectivity index (χ0v) is 52.9. The van der Waals surface area contributed by atoms with Crippen LogP contribution in [0.3, 0.4) is 0 Å². The fraction of sp³-hybridized carbons (Fsp3) is 0.360. The first-order valence-corrected chi connectivity index (χ1v) is 28.7. The van der Waals surface area contributed by atoms with Crippen LogP contribution in [-0.2, 0) is 9.59 Å². The molecule has 0 saturated heterocycles. The molecule has 0 radical (unpaired) electrons. The molecule has 1 aliphatic carbocycles. The van der Waals surface area contributed by atoms with Gasteiger partial charge in [-0.15, -0.1) is 52.6 Å². The van der Waals surface area contributed by atoms with Crippen LogP contribution < -0.4 is 27.0 Å². The minimum absolute atomic E-state index is 0.00190. The average molecular weight is 1650 g/mol. The Balaban J connectivity index is 2.39. The summed E-state index contributed by atoms with van der Waals surface area (Å²) in [5.41, 5.74) is 7.52. The van der Waals surface area contributed by atoms with Gasteiger partial charge < -0.3 is 46.6 Å². The first-order valence-electron chi connectivity index (χ1n) is 22.3. The fourth-order valence-electron chi connectivity index (χ4n) is 7.45. The van der Waals surface area contributed by atoms with Crippen LogP contribution in [0.2, 0.25) is 0 Å². The molecule has 0 bridgehead atoms. The molecule has 2 rings (SSSR count). The van der Waals surface area contributed by atoms with Gasteiger partial charge in [-0.2, -0.15) is 0 Å². The third-order valence-electron chi connectivity index (χ3n) is 10.8. The predicted octanol–water partition coefficient (Wildman–Crippen LogP) is 9.65. The predicted molar refractivity (Wildman–Crippen MR) is 339 cm³/mol. The number of amides is 8. The first-order chi connectivity index (χ1) is 33.7. The van der Waals surface area contributed by atoms with Crippen molar-refractivity contribution in [1.29, 1.82) is 0 Å². The molecular weight excluding hydrogens is 1580 g/mol. The van der Waals surface area contributed by atoms with E-state index >= 15 is 0 Å². The monoisotopic (exact) mass is 1650 g/mol. The van der Waals surface area contributed by atoms with Crippen LogP contribution >= 0.6 is 136 Å². The number of nitrogens with two attached hydrogens (primary N) is 1. The molecule has 21 heteroatoms. The Hall–Kier alpha value is -2.62. The van der Waals surface area contributed by atoms with E-state index in [0.717, 1.165) is 0 Å². The van der Waals surface area contributed by atoms with Gasteiger partial charge in [0, 0.05) is 81.8 Å². The van der Waals surface area contributed by atoms with Crippen LogP contribution in [-0.4, -0.2) is 137 Å². The number of carbonyl (C=O) groups excluding carboxylic acids is 6. The van der Waals surface area contributed by atoms with Crippen LogP contribution in [0.15, 0.2) is 120 Å². The molecule has 1 aliphatic rings. The van der Waals surface area contributed by atoms with E-state index in [0.29, 0.717) is 60.5 Å². The molecule has 6 N–H and O–H groups in total. The van der Waals surface area contributed by atoms with E-state index in [1.165, 1.54) is 0 Å². The Morgan fingerprint density at radius 1 is 0.577 bits per heavy atom. The van der Waals surface area contributed by atoms with Crippen LogP contribution in [0, 0.1) is 16.6 Å². The van der Waals surface area contributed by atoms with Crippen LogP contribution in [0.25, 0.3) is 0 Å². The molecule has 15 nitrogen and oxygen atoms in total. The SMILES string of the molecule is C=CCN(CC=C)C(=O)C1=C(I)C(NC(=O)NCCC(CCN)CCNC(=O)Nc2c(I)c(C(=O)N(CC=C)CC=C)c(I)c(C(=O)N(CC=C)CC=C)c2I)C(C)(I)C(C(=O)N(CC=C)CC=C)=C1I. The van der Waals surface area contributed by atoms with E-state index in [1.54, 1.807) is 68.2 Å². The second-order valence-corrected chi connectivity index (χ2v) is 23.7. The summed E-state index contributed by atoms with van der Waals surface area (Å²) >= 11 is 12.4. The Labute approximate surface area is 501 Å². The van der Waals surface area contributed by atoms with E-state index < -0.39 is 21.5 Å².